The second kappa shape index (κ2) is 4.82. The van der Waals surface area contributed by atoms with Gasteiger partial charge in [-0.15, -0.1) is 0 Å². The first kappa shape index (κ1) is 12.4. The summed E-state index contributed by atoms with van der Waals surface area (Å²) in [5.41, 5.74) is 2.94. The highest BCUT2D eigenvalue weighted by Gasteiger charge is 2.41. The maximum atomic E-state index is 10.7. The summed E-state index contributed by atoms with van der Waals surface area (Å²) in [6.07, 6.45) is 10.2. The Kier molecular flexibility index (Phi) is 3.16. The smallest absolute Gasteiger partial charge is 0.235 e. The first-order valence-electron chi connectivity index (χ1n) is 7.19. The van der Waals surface area contributed by atoms with Crippen LogP contribution in [0.1, 0.15) is 55.2 Å². The van der Waals surface area contributed by atoms with E-state index < -0.39 is 5.54 Å². The van der Waals surface area contributed by atoms with E-state index in [4.69, 9.17) is 0 Å². The number of carbonyl (C=O) groups excluding carboxylic acids is 1. The molecule has 0 spiro atoms. The zero-order chi connectivity index (χ0) is 13.3. The summed E-state index contributed by atoms with van der Waals surface area (Å²) in [7, 11) is 0. The summed E-state index contributed by atoms with van der Waals surface area (Å²) in [6, 6.07) is 3.99. The number of hydrogen-bond donors (Lipinski definition) is 1. The highest BCUT2D eigenvalue weighted by molar-refractivity contribution is 5.49. The first-order valence-corrected chi connectivity index (χ1v) is 7.19. The predicted octanol–water partition coefficient (Wildman–Crippen LogP) is 3.38. The molecule has 0 aliphatic heterocycles. The van der Waals surface area contributed by atoms with E-state index >= 15 is 0 Å². The molecule has 1 aromatic carbocycles. The number of isocyanates is 1. The molecule has 0 atom stereocenters. The van der Waals surface area contributed by atoms with Gasteiger partial charge in [0.25, 0.3) is 0 Å². The fraction of sp³-hybridized carbons (Fsp3) is 0.562. The van der Waals surface area contributed by atoms with Crippen molar-refractivity contribution in [2.24, 2.45) is 4.99 Å². The lowest BCUT2D eigenvalue weighted by molar-refractivity contribution is 0.247. The van der Waals surface area contributed by atoms with Crippen molar-refractivity contribution in [3.8, 4) is 5.75 Å². The van der Waals surface area contributed by atoms with Crippen molar-refractivity contribution >= 4 is 6.08 Å². The molecule has 0 heterocycles. The summed E-state index contributed by atoms with van der Waals surface area (Å²) >= 11 is 0. The summed E-state index contributed by atoms with van der Waals surface area (Å²) in [5, 5.41) is 10.3. The Bertz CT molecular complexity index is 540. The molecule has 0 bridgehead atoms. The van der Waals surface area contributed by atoms with Gasteiger partial charge in [-0.05, 0) is 68.2 Å². The van der Waals surface area contributed by atoms with Gasteiger partial charge in [-0.2, -0.15) is 4.99 Å². The van der Waals surface area contributed by atoms with Gasteiger partial charge in [-0.3, -0.25) is 0 Å². The van der Waals surface area contributed by atoms with Gasteiger partial charge in [0.1, 0.15) is 11.3 Å². The molecule has 1 fully saturated rings. The molecule has 0 saturated heterocycles. The molecule has 100 valence electrons. The molecule has 0 aromatic heterocycles. The van der Waals surface area contributed by atoms with Crippen molar-refractivity contribution in [3.05, 3.63) is 28.8 Å². The van der Waals surface area contributed by atoms with E-state index in [1.54, 1.807) is 6.08 Å². The minimum Gasteiger partial charge on any atom is -0.508 e. The summed E-state index contributed by atoms with van der Waals surface area (Å²) < 4.78 is 0. The molecule has 2 aliphatic carbocycles. The fourth-order valence-electron chi connectivity index (χ4n) is 3.36. The van der Waals surface area contributed by atoms with Crippen molar-refractivity contribution < 1.29 is 9.90 Å². The Morgan fingerprint density at radius 1 is 1.05 bits per heavy atom. The first-order chi connectivity index (χ1) is 9.25. The van der Waals surface area contributed by atoms with E-state index in [9.17, 15) is 9.90 Å². The van der Waals surface area contributed by atoms with Crippen LogP contribution < -0.4 is 0 Å². The molecule has 0 amide bonds. The van der Waals surface area contributed by atoms with Crippen molar-refractivity contribution in [2.75, 3.05) is 0 Å². The van der Waals surface area contributed by atoms with Crippen LogP contribution in [0.3, 0.4) is 0 Å². The third-order valence-corrected chi connectivity index (χ3v) is 4.65. The van der Waals surface area contributed by atoms with E-state index in [1.807, 2.05) is 6.07 Å². The van der Waals surface area contributed by atoms with Gasteiger partial charge in [0.15, 0.2) is 0 Å². The third kappa shape index (κ3) is 2.08. The molecule has 2 aliphatic rings. The lowest BCUT2D eigenvalue weighted by Gasteiger charge is -2.37. The molecule has 0 radical (unpaired) electrons. The van der Waals surface area contributed by atoms with Crippen LogP contribution in [0.4, 0.5) is 0 Å². The van der Waals surface area contributed by atoms with E-state index in [-0.39, 0.29) is 0 Å². The van der Waals surface area contributed by atoms with E-state index in [1.165, 1.54) is 30.4 Å². The highest BCUT2D eigenvalue weighted by Crippen LogP contribution is 2.48. The summed E-state index contributed by atoms with van der Waals surface area (Å²) in [4.78, 5) is 14.7. The normalized spacial score (nSPS) is 20.6. The topological polar surface area (TPSA) is 49.7 Å². The molecule has 1 N–H and O–H groups in total. The van der Waals surface area contributed by atoms with Gasteiger partial charge in [-0.1, -0.05) is 6.42 Å². The molecular weight excluding hydrogens is 238 g/mol. The van der Waals surface area contributed by atoms with Crippen LogP contribution in [0.2, 0.25) is 0 Å². The van der Waals surface area contributed by atoms with Gasteiger partial charge in [-0.25, -0.2) is 4.79 Å². The maximum absolute atomic E-state index is 10.7. The molecular formula is C16H19NO2. The van der Waals surface area contributed by atoms with Crippen LogP contribution in [0, 0.1) is 0 Å². The zero-order valence-electron chi connectivity index (χ0n) is 11.1. The minimum atomic E-state index is -0.493. The number of benzene rings is 1. The number of aromatic hydroxyl groups is 1. The number of phenolic OH excluding ortho intramolecular Hbond substituents is 1. The lowest BCUT2D eigenvalue weighted by atomic mass is 9.71. The molecule has 3 heteroatoms. The number of hydrogen-bond acceptors (Lipinski definition) is 3. The highest BCUT2D eigenvalue weighted by atomic mass is 16.3. The number of rotatable bonds is 2. The van der Waals surface area contributed by atoms with Crippen molar-refractivity contribution in [1.82, 2.24) is 0 Å². The molecule has 19 heavy (non-hydrogen) atoms. The maximum Gasteiger partial charge on any atom is 0.235 e. The molecule has 0 unspecified atom stereocenters. The van der Waals surface area contributed by atoms with Crippen molar-refractivity contribution in [3.63, 3.8) is 0 Å². The number of fused-ring (bicyclic) bond motifs is 1. The van der Waals surface area contributed by atoms with Gasteiger partial charge in [0.05, 0.1) is 0 Å². The van der Waals surface area contributed by atoms with E-state index in [0.717, 1.165) is 37.7 Å². The number of aryl methyl sites for hydroxylation is 2. The Morgan fingerprint density at radius 3 is 2.32 bits per heavy atom. The predicted molar refractivity (Wildman–Crippen MR) is 73.0 cm³/mol. The summed E-state index contributed by atoms with van der Waals surface area (Å²) in [6.45, 7) is 0. The van der Waals surface area contributed by atoms with Crippen molar-refractivity contribution in [2.45, 2.75) is 56.9 Å². The van der Waals surface area contributed by atoms with Crippen LogP contribution >= 0.6 is 0 Å². The van der Waals surface area contributed by atoms with E-state index in [2.05, 4.69) is 11.1 Å². The Labute approximate surface area is 113 Å². The van der Waals surface area contributed by atoms with Crippen LogP contribution in [0.25, 0.3) is 0 Å². The van der Waals surface area contributed by atoms with Gasteiger partial charge < -0.3 is 5.11 Å². The van der Waals surface area contributed by atoms with Crippen LogP contribution in [-0.2, 0) is 23.2 Å². The Hall–Kier alpha value is -1.60. The molecule has 3 rings (SSSR count). The zero-order valence-corrected chi connectivity index (χ0v) is 11.1. The number of aliphatic imine (C=N–C) groups is 1. The standard InChI is InChI=1S/C16H19NO2/c18-11-17-16(7-4-8-16)14-9-12-5-2-1-3-6-13(12)10-15(14)19/h9-10,19H,1-8H2. The Balaban J connectivity index is 2.07. The SMILES string of the molecule is O=C=NC1(c2cc3c(cc2O)CCCCC3)CCC1. The van der Waals surface area contributed by atoms with Gasteiger partial charge in [0.2, 0.25) is 6.08 Å². The molecule has 1 saturated carbocycles. The molecule has 3 nitrogen and oxygen atoms in total. The monoisotopic (exact) mass is 257 g/mol. The second-order valence-electron chi connectivity index (χ2n) is 5.79. The average Bonchev–Trinajstić information content (AvgIpc) is 2.58. The largest absolute Gasteiger partial charge is 0.508 e. The minimum absolute atomic E-state index is 0.305. The Morgan fingerprint density at radius 2 is 1.74 bits per heavy atom. The number of phenols is 1. The quantitative estimate of drug-likeness (QED) is 0.501. The van der Waals surface area contributed by atoms with Gasteiger partial charge in [0, 0.05) is 5.56 Å². The second-order valence-corrected chi connectivity index (χ2v) is 5.79. The fourth-order valence-corrected chi connectivity index (χ4v) is 3.36. The molecule has 1 aromatic rings. The van der Waals surface area contributed by atoms with Gasteiger partial charge >= 0.3 is 0 Å². The van der Waals surface area contributed by atoms with Crippen molar-refractivity contribution in [1.29, 1.82) is 0 Å². The third-order valence-electron chi connectivity index (χ3n) is 4.65. The number of nitrogens with zero attached hydrogens (tertiary/aromatic N) is 1. The average molecular weight is 257 g/mol. The van der Waals surface area contributed by atoms with Crippen LogP contribution in [-0.4, -0.2) is 11.2 Å². The van der Waals surface area contributed by atoms with Crippen LogP contribution in [0.5, 0.6) is 5.75 Å². The van der Waals surface area contributed by atoms with E-state index in [0.29, 0.717) is 5.75 Å². The lowest BCUT2D eigenvalue weighted by Crippen LogP contribution is -2.32. The summed E-state index contributed by atoms with van der Waals surface area (Å²) in [5.74, 6) is 0.305. The van der Waals surface area contributed by atoms with Crippen LogP contribution in [0.15, 0.2) is 17.1 Å².